The predicted octanol–water partition coefficient (Wildman–Crippen LogP) is 1.31. The molecule has 0 spiro atoms. The van der Waals surface area contributed by atoms with Crippen LogP contribution in [0, 0.1) is 0 Å². The summed E-state index contributed by atoms with van der Waals surface area (Å²) in [5, 5.41) is 3.07. The third-order valence-corrected chi connectivity index (χ3v) is 2.70. The molecule has 0 radical (unpaired) electrons. The Morgan fingerprint density at radius 2 is 2.00 bits per heavy atom. The predicted molar refractivity (Wildman–Crippen MR) is 71.2 cm³/mol. The number of anilines is 1. The first-order valence-corrected chi connectivity index (χ1v) is 6.00. The number of halogens is 1. The Bertz CT molecular complexity index is 449. The van der Waals surface area contributed by atoms with Crippen LogP contribution in [0.1, 0.15) is 29.6 Å². The van der Waals surface area contributed by atoms with Crippen molar-refractivity contribution in [3.63, 3.8) is 0 Å². The maximum absolute atomic E-state index is 11.8. The number of hydrogen-bond donors (Lipinski definition) is 3. The van der Waals surface area contributed by atoms with Gasteiger partial charge in [-0.2, -0.15) is 0 Å². The lowest BCUT2D eigenvalue weighted by atomic mass is 10.2. The van der Waals surface area contributed by atoms with Crippen LogP contribution in [0.2, 0.25) is 5.02 Å². The van der Waals surface area contributed by atoms with Gasteiger partial charge in [0, 0.05) is 18.7 Å². The second kappa shape index (κ2) is 6.86. The number of nitrogens with two attached hydrogens (primary N) is 2. The van der Waals surface area contributed by atoms with E-state index < -0.39 is 0 Å². The molecule has 0 aliphatic carbocycles. The number of benzene rings is 1. The highest BCUT2D eigenvalue weighted by molar-refractivity contribution is 6.34. The van der Waals surface area contributed by atoms with Gasteiger partial charge in [-0.25, -0.2) is 0 Å². The fourth-order valence-electron chi connectivity index (χ4n) is 1.44. The molecule has 18 heavy (non-hydrogen) atoms. The molecular weight excluding hydrogens is 254 g/mol. The van der Waals surface area contributed by atoms with Gasteiger partial charge in [0.05, 0.1) is 10.6 Å². The van der Waals surface area contributed by atoms with Crippen molar-refractivity contribution in [2.45, 2.75) is 19.3 Å². The van der Waals surface area contributed by atoms with Gasteiger partial charge < -0.3 is 16.8 Å². The Morgan fingerprint density at radius 1 is 1.28 bits per heavy atom. The van der Waals surface area contributed by atoms with Gasteiger partial charge in [-0.15, -0.1) is 0 Å². The maximum atomic E-state index is 11.8. The molecule has 6 heteroatoms. The summed E-state index contributed by atoms with van der Waals surface area (Å²) >= 11 is 5.90. The molecule has 0 saturated heterocycles. The SMILES string of the molecule is NC(=O)CCCCNC(=O)c1cc(N)ccc1Cl. The summed E-state index contributed by atoms with van der Waals surface area (Å²) in [7, 11) is 0. The van der Waals surface area contributed by atoms with E-state index in [4.69, 9.17) is 23.1 Å². The van der Waals surface area contributed by atoms with Crippen molar-refractivity contribution in [2.75, 3.05) is 12.3 Å². The number of carbonyl (C=O) groups is 2. The Morgan fingerprint density at radius 3 is 2.67 bits per heavy atom. The van der Waals surface area contributed by atoms with Crippen molar-refractivity contribution in [1.29, 1.82) is 0 Å². The molecule has 0 heterocycles. The van der Waals surface area contributed by atoms with Gasteiger partial charge in [0.1, 0.15) is 0 Å². The van der Waals surface area contributed by atoms with Crippen LogP contribution in [0.3, 0.4) is 0 Å². The van der Waals surface area contributed by atoms with Crippen LogP contribution in [0.4, 0.5) is 5.69 Å². The highest BCUT2D eigenvalue weighted by Crippen LogP contribution is 2.18. The summed E-state index contributed by atoms with van der Waals surface area (Å²) in [4.78, 5) is 22.3. The minimum Gasteiger partial charge on any atom is -0.399 e. The minimum absolute atomic E-state index is 0.272. The van der Waals surface area contributed by atoms with Crippen molar-refractivity contribution in [2.24, 2.45) is 5.73 Å². The molecule has 0 aromatic heterocycles. The minimum atomic E-state index is -0.333. The molecule has 2 amide bonds. The summed E-state index contributed by atoms with van der Waals surface area (Å²) in [6.45, 7) is 0.469. The summed E-state index contributed by atoms with van der Waals surface area (Å²) in [6, 6.07) is 4.74. The number of hydrogen-bond acceptors (Lipinski definition) is 3. The number of nitrogens with one attached hydrogen (secondary N) is 1. The first kappa shape index (κ1) is 14.3. The highest BCUT2D eigenvalue weighted by Gasteiger charge is 2.09. The van der Waals surface area contributed by atoms with Crippen LogP contribution in [0.25, 0.3) is 0 Å². The average molecular weight is 270 g/mol. The van der Waals surface area contributed by atoms with Gasteiger partial charge in [-0.05, 0) is 31.0 Å². The fraction of sp³-hybridized carbons (Fsp3) is 0.333. The zero-order valence-electron chi connectivity index (χ0n) is 9.91. The summed E-state index contributed by atoms with van der Waals surface area (Å²) < 4.78 is 0. The lowest BCUT2D eigenvalue weighted by molar-refractivity contribution is -0.118. The molecule has 5 N–H and O–H groups in total. The Labute approximate surface area is 110 Å². The highest BCUT2D eigenvalue weighted by atomic mass is 35.5. The van der Waals surface area contributed by atoms with Gasteiger partial charge in [-0.1, -0.05) is 11.6 Å². The Kier molecular flexibility index (Phi) is 5.45. The molecule has 0 atom stereocenters. The lowest BCUT2D eigenvalue weighted by Crippen LogP contribution is -2.25. The van der Waals surface area contributed by atoms with E-state index in [1.54, 1.807) is 12.1 Å². The number of amides is 2. The molecule has 98 valence electrons. The summed E-state index contributed by atoms with van der Waals surface area (Å²) in [5.74, 6) is -0.605. The number of carbonyl (C=O) groups excluding carboxylic acids is 2. The number of unbranched alkanes of at least 4 members (excludes halogenated alkanes) is 1. The van der Waals surface area contributed by atoms with E-state index in [1.165, 1.54) is 6.07 Å². The molecule has 1 aromatic carbocycles. The van der Waals surface area contributed by atoms with Crippen LogP contribution in [-0.2, 0) is 4.79 Å². The van der Waals surface area contributed by atoms with E-state index in [2.05, 4.69) is 5.32 Å². The third kappa shape index (κ3) is 4.63. The second-order valence-electron chi connectivity index (χ2n) is 3.92. The monoisotopic (exact) mass is 269 g/mol. The van der Waals surface area contributed by atoms with Crippen molar-refractivity contribution >= 4 is 29.1 Å². The lowest BCUT2D eigenvalue weighted by Gasteiger charge is -2.07. The Hall–Kier alpha value is -1.75. The van der Waals surface area contributed by atoms with Crippen molar-refractivity contribution in [3.05, 3.63) is 28.8 Å². The van der Waals surface area contributed by atoms with Crippen LogP contribution >= 0.6 is 11.6 Å². The molecule has 0 fully saturated rings. The molecule has 0 saturated carbocycles. The molecule has 0 unspecified atom stereocenters. The van der Waals surface area contributed by atoms with Crippen molar-refractivity contribution in [3.8, 4) is 0 Å². The summed E-state index contributed by atoms with van der Waals surface area (Å²) in [5.41, 5.74) is 11.4. The van der Waals surface area contributed by atoms with Gasteiger partial charge in [-0.3, -0.25) is 9.59 Å². The van der Waals surface area contributed by atoms with Crippen LogP contribution in [-0.4, -0.2) is 18.4 Å². The van der Waals surface area contributed by atoms with Crippen LogP contribution < -0.4 is 16.8 Å². The van der Waals surface area contributed by atoms with E-state index in [0.717, 1.165) is 0 Å². The summed E-state index contributed by atoms with van der Waals surface area (Å²) in [6.07, 6.45) is 1.67. The fourth-order valence-corrected chi connectivity index (χ4v) is 1.64. The zero-order chi connectivity index (χ0) is 13.5. The van der Waals surface area contributed by atoms with Gasteiger partial charge >= 0.3 is 0 Å². The largest absolute Gasteiger partial charge is 0.399 e. The third-order valence-electron chi connectivity index (χ3n) is 2.37. The smallest absolute Gasteiger partial charge is 0.252 e. The van der Waals surface area contributed by atoms with E-state index >= 15 is 0 Å². The molecular formula is C12H16ClN3O2. The topological polar surface area (TPSA) is 98.2 Å². The first-order valence-electron chi connectivity index (χ1n) is 5.62. The number of primary amides is 1. The van der Waals surface area contributed by atoms with E-state index in [9.17, 15) is 9.59 Å². The van der Waals surface area contributed by atoms with Gasteiger partial charge in [0.15, 0.2) is 0 Å². The van der Waals surface area contributed by atoms with Crippen LogP contribution in [0.5, 0.6) is 0 Å². The Balaban J connectivity index is 2.41. The molecule has 1 aromatic rings. The molecule has 5 nitrogen and oxygen atoms in total. The second-order valence-corrected chi connectivity index (χ2v) is 4.33. The normalized spacial score (nSPS) is 10.1. The quantitative estimate of drug-likeness (QED) is 0.536. The first-order chi connectivity index (χ1) is 8.50. The van der Waals surface area contributed by atoms with Crippen LogP contribution in [0.15, 0.2) is 18.2 Å². The molecule has 1 rings (SSSR count). The molecule has 0 bridgehead atoms. The van der Waals surface area contributed by atoms with E-state index in [-0.39, 0.29) is 11.8 Å². The van der Waals surface area contributed by atoms with E-state index in [0.29, 0.717) is 42.1 Å². The van der Waals surface area contributed by atoms with Gasteiger partial charge in [0.2, 0.25) is 5.91 Å². The molecule has 0 aliphatic heterocycles. The van der Waals surface area contributed by atoms with Crippen molar-refractivity contribution in [1.82, 2.24) is 5.32 Å². The standard InChI is InChI=1S/C12H16ClN3O2/c13-10-5-4-8(14)7-9(10)12(18)16-6-2-1-3-11(15)17/h4-5,7H,1-3,6,14H2,(H2,15,17)(H,16,18). The van der Waals surface area contributed by atoms with Gasteiger partial charge in [0.25, 0.3) is 5.91 Å². The average Bonchev–Trinajstić information content (AvgIpc) is 2.31. The zero-order valence-corrected chi connectivity index (χ0v) is 10.7. The maximum Gasteiger partial charge on any atom is 0.252 e. The molecule has 0 aliphatic rings. The number of nitrogen functional groups attached to an aromatic ring is 1. The number of rotatable bonds is 6. The van der Waals surface area contributed by atoms with E-state index in [1.807, 2.05) is 0 Å². The van der Waals surface area contributed by atoms with Crippen molar-refractivity contribution < 1.29 is 9.59 Å².